The first-order valence-electron chi connectivity index (χ1n) is 5.56. The van der Waals surface area contributed by atoms with Crippen LogP contribution in [0.4, 0.5) is 0 Å². The van der Waals surface area contributed by atoms with E-state index in [1.165, 1.54) is 13.2 Å². The lowest BCUT2D eigenvalue weighted by molar-refractivity contribution is 0.0950. The second-order valence-electron chi connectivity index (χ2n) is 3.76. The Labute approximate surface area is 125 Å². The standard InChI is InChI=1S/C12H10Cl2N4O2/c1-20-10-4-7(2-3-15-10)6-16-12(19)8-5-9(13)17-18-11(8)14/h2-5H,6H2,1H3,(H,16,19). The Kier molecular flexibility index (Phi) is 4.70. The molecule has 0 fully saturated rings. The minimum absolute atomic E-state index is 0.000732. The molecule has 1 N–H and O–H groups in total. The van der Waals surface area contributed by atoms with E-state index in [0.29, 0.717) is 12.4 Å². The molecule has 0 radical (unpaired) electrons. The van der Waals surface area contributed by atoms with E-state index in [-0.39, 0.29) is 21.8 Å². The normalized spacial score (nSPS) is 10.2. The Bertz CT molecular complexity index is 637. The van der Waals surface area contributed by atoms with E-state index in [1.54, 1.807) is 18.3 Å². The van der Waals surface area contributed by atoms with Crippen molar-refractivity contribution in [1.29, 1.82) is 0 Å². The molecule has 0 spiro atoms. The molecule has 0 aliphatic heterocycles. The fourth-order valence-corrected chi connectivity index (χ4v) is 1.79. The van der Waals surface area contributed by atoms with Crippen LogP contribution in [0.5, 0.6) is 5.88 Å². The monoisotopic (exact) mass is 312 g/mol. The highest BCUT2D eigenvalue weighted by atomic mass is 35.5. The molecule has 0 atom stereocenters. The van der Waals surface area contributed by atoms with Crippen LogP contribution < -0.4 is 10.1 Å². The van der Waals surface area contributed by atoms with Gasteiger partial charge >= 0.3 is 0 Å². The number of nitrogens with zero attached hydrogens (tertiary/aromatic N) is 3. The van der Waals surface area contributed by atoms with Crippen molar-refractivity contribution in [2.45, 2.75) is 6.54 Å². The van der Waals surface area contributed by atoms with Crippen LogP contribution in [0, 0.1) is 0 Å². The highest BCUT2D eigenvalue weighted by molar-refractivity contribution is 6.34. The number of rotatable bonds is 4. The molecule has 8 heteroatoms. The average molecular weight is 313 g/mol. The minimum atomic E-state index is -0.387. The Morgan fingerprint density at radius 2 is 2.15 bits per heavy atom. The van der Waals surface area contributed by atoms with E-state index in [1.807, 2.05) is 0 Å². The maximum Gasteiger partial charge on any atom is 0.254 e. The summed E-state index contributed by atoms with van der Waals surface area (Å²) in [6, 6.07) is 4.85. The third-order valence-corrected chi connectivity index (χ3v) is 2.89. The van der Waals surface area contributed by atoms with Gasteiger partial charge in [0.2, 0.25) is 5.88 Å². The van der Waals surface area contributed by atoms with Gasteiger partial charge in [-0.15, -0.1) is 10.2 Å². The number of aromatic nitrogens is 3. The number of pyridine rings is 1. The summed E-state index contributed by atoms with van der Waals surface area (Å²) in [5.41, 5.74) is 1.02. The van der Waals surface area contributed by atoms with E-state index in [0.717, 1.165) is 5.56 Å². The molecule has 0 bridgehead atoms. The van der Waals surface area contributed by atoms with Crippen molar-refractivity contribution < 1.29 is 9.53 Å². The van der Waals surface area contributed by atoms with Crippen molar-refractivity contribution in [3.63, 3.8) is 0 Å². The number of ether oxygens (including phenoxy) is 1. The highest BCUT2D eigenvalue weighted by Gasteiger charge is 2.13. The summed E-state index contributed by atoms with van der Waals surface area (Å²) < 4.78 is 5.00. The van der Waals surface area contributed by atoms with Crippen LogP contribution in [-0.4, -0.2) is 28.2 Å². The maximum absolute atomic E-state index is 12.0. The summed E-state index contributed by atoms with van der Waals surface area (Å²) in [5.74, 6) is 0.0889. The number of amides is 1. The largest absolute Gasteiger partial charge is 0.481 e. The molecule has 0 aliphatic carbocycles. The zero-order valence-electron chi connectivity index (χ0n) is 10.4. The predicted octanol–water partition coefficient (Wildman–Crippen LogP) is 2.12. The zero-order valence-corrected chi connectivity index (χ0v) is 11.9. The SMILES string of the molecule is COc1cc(CNC(=O)c2cc(Cl)nnc2Cl)ccn1. The molecule has 6 nitrogen and oxygen atoms in total. The van der Waals surface area contributed by atoms with Gasteiger partial charge in [0.1, 0.15) is 0 Å². The number of halogens is 2. The molecule has 2 heterocycles. The molecule has 0 saturated carbocycles. The molecule has 0 aliphatic rings. The molecule has 1 amide bonds. The van der Waals surface area contributed by atoms with Gasteiger partial charge in [-0.2, -0.15) is 0 Å². The highest BCUT2D eigenvalue weighted by Crippen LogP contribution is 2.15. The smallest absolute Gasteiger partial charge is 0.254 e. The molecule has 20 heavy (non-hydrogen) atoms. The van der Waals surface area contributed by atoms with Crippen molar-refractivity contribution in [2.24, 2.45) is 0 Å². The van der Waals surface area contributed by atoms with Crippen molar-refractivity contribution in [2.75, 3.05) is 7.11 Å². The average Bonchev–Trinajstić information content (AvgIpc) is 2.47. The predicted molar refractivity (Wildman–Crippen MR) is 74.0 cm³/mol. The fraction of sp³-hybridized carbons (Fsp3) is 0.167. The molecule has 2 rings (SSSR count). The van der Waals surface area contributed by atoms with Gasteiger partial charge in [-0.05, 0) is 17.7 Å². The number of carbonyl (C=O) groups excluding carboxylic acids is 1. The molecular weight excluding hydrogens is 303 g/mol. The Morgan fingerprint density at radius 1 is 1.35 bits per heavy atom. The van der Waals surface area contributed by atoms with Gasteiger partial charge in [-0.1, -0.05) is 23.2 Å². The second-order valence-corrected chi connectivity index (χ2v) is 4.51. The van der Waals surface area contributed by atoms with Crippen LogP contribution in [-0.2, 0) is 6.54 Å². The molecule has 0 saturated heterocycles. The Hall–Kier alpha value is -1.92. The lowest BCUT2D eigenvalue weighted by Gasteiger charge is -2.07. The van der Waals surface area contributed by atoms with Crippen molar-refractivity contribution >= 4 is 29.1 Å². The first-order chi connectivity index (χ1) is 9.60. The van der Waals surface area contributed by atoms with Gasteiger partial charge in [0.15, 0.2) is 10.3 Å². The van der Waals surface area contributed by atoms with E-state index in [2.05, 4.69) is 20.5 Å². The van der Waals surface area contributed by atoms with Crippen LogP contribution in [0.2, 0.25) is 10.3 Å². The molecule has 2 aromatic rings. The van der Waals surface area contributed by atoms with Crippen LogP contribution in [0.15, 0.2) is 24.4 Å². The third kappa shape index (κ3) is 3.55. The van der Waals surface area contributed by atoms with Crippen LogP contribution in [0.3, 0.4) is 0 Å². The van der Waals surface area contributed by atoms with Gasteiger partial charge in [0, 0.05) is 18.8 Å². The van der Waals surface area contributed by atoms with Gasteiger partial charge < -0.3 is 10.1 Å². The Balaban J connectivity index is 2.06. The zero-order chi connectivity index (χ0) is 14.5. The van der Waals surface area contributed by atoms with Crippen LogP contribution >= 0.6 is 23.2 Å². The summed E-state index contributed by atoms with van der Waals surface area (Å²) in [4.78, 5) is 16.0. The number of hydrogen-bond acceptors (Lipinski definition) is 5. The van der Waals surface area contributed by atoms with Crippen molar-refractivity contribution in [3.8, 4) is 5.88 Å². The molecule has 0 aromatic carbocycles. The molecular formula is C12H10Cl2N4O2. The Morgan fingerprint density at radius 3 is 2.90 bits per heavy atom. The molecule has 2 aromatic heterocycles. The van der Waals surface area contributed by atoms with Crippen molar-refractivity contribution in [1.82, 2.24) is 20.5 Å². The fourth-order valence-electron chi connectivity index (χ4n) is 1.46. The number of nitrogens with one attached hydrogen (secondary N) is 1. The van der Waals surface area contributed by atoms with Gasteiger partial charge in [0.25, 0.3) is 5.91 Å². The summed E-state index contributed by atoms with van der Waals surface area (Å²) >= 11 is 11.5. The first kappa shape index (κ1) is 14.5. The third-order valence-electron chi connectivity index (χ3n) is 2.43. The van der Waals surface area contributed by atoms with E-state index >= 15 is 0 Å². The lowest BCUT2D eigenvalue weighted by Crippen LogP contribution is -2.23. The summed E-state index contributed by atoms with van der Waals surface area (Å²) in [6.07, 6.45) is 1.60. The van der Waals surface area contributed by atoms with Gasteiger partial charge in [-0.3, -0.25) is 4.79 Å². The number of methoxy groups -OCH3 is 1. The first-order valence-corrected chi connectivity index (χ1v) is 6.31. The topological polar surface area (TPSA) is 77.0 Å². The quantitative estimate of drug-likeness (QED) is 0.935. The van der Waals surface area contributed by atoms with E-state index < -0.39 is 0 Å². The van der Waals surface area contributed by atoms with Crippen LogP contribution in [0.1, 0.15) is 15.9 Å². The molecule has 104 valence electrons. The van der Waals surface area contributed by atoms with E-state index in [9.17, 15) is 4.79 Å². The number of hydrogen-bond donors (Lipinski definition) is 1. The maximum atomic E-state index is 12.0. The summed E-state index contributed by atoms with van der Waals surface area (Å²) in [6.45, 7) is 0.300. The van der Waals surface area contributed by atoms with E-state index in [4.69, 9.17) is 27.9 Å². The van der Waals surface area contributed by atoms with Gasteiger partial charge in [-0.25, -0.2) is 4.98 Å². The van der Waals surface area contributed by atoms with Crippen LogP contribution in [0.25, 0.3) is 0 Å². The molecule has 0 unspecified atom stereocenters. The second kappa shape index (κ2) is 6.49. The lowest BCUT2D eigenvalue weighted by atomic mass is 10.2. The summed E-state index contributed by atoms with van der Waals surface area (Å²) in [5, 5.41) is 9.92. The summed E-state index contributed by atoms with van der Waals surface area (Å²) in [7, 11) is 1.52. The minimum Gasteiger partial charge on any atom is -0.481 e. The van der Waals surface area contributed by atoms with Gasteiger partial charge in [0.05, 0.1) is 12.7 Å². The van der Waals surface area contributed by atoms with Crippen molar-refractivity contribution in [3.05, 3.63) is 45.8 Å². The number of carbonyl (C=O) groups is 1.